The monoisotopic (exact) mass is 210 g/mol. The van der Waals surface area contributed by atoms with E-state index in [1.165, 1.54) is 12.1 Å². The predicted octanol–water partition coefficient (Wildman–Crippen LogP) is -1.95. The van der Waals surface area contributed by atoms with Crippen molar-refractivity contribution in [1.82, 2.24) is 0 Å². The summed E-state index contributed by atoms with van der Waals surface area (Å²) >= 11 is 0. The second-order valence-corrected chi connectivity index (χ2v) is 3.40. The van der Waals surface area contributed by atoms with Crippen LogP contribution in [0, 0.1) is 0 Å². The summed E-state index contributed by atoms with van der Waals surface area (Å²) in [6, 6.07) is 7.61. The van der Waals surface area contributed by atoms with Gasteiger partial charge in [-0.2, -0.15) is 0 Å². The fourth-order valence-electron chi connectivity index (χ4n) is 0.735. The van der Waals surface area contributed by atoms with Crippen LogP contribution in [0.1, 0.15) is 11.8 Å². The first-order valence-corrected chi connectivity index (χ1v) is 4.86. The van der Waals surface area contributed by atoms with E-state index in [1.54, 1.807) is 18.2 Å². The van der Waals surface area contributed by atoms with Crippen LogP contribution in [0.2, 0.25) is 0 Å². The molecule has 1 rings (SSSR count). The van der Waals surface area contributed by atoms with Crippen LogP contribution in [0.3, 0.4) is 0 Å². The molecule has 0 saturated heterocycles. The number of rotatable bonds is 2. The van der Waals surface area contributed by atoms with E-state index in [0.29, 0.717) is 0 Å². The molecule has 7 heteroatoms. The number of carbonyl (C=O) groups excluding carboxylic acids is 1. The number of hydrogen-bond donors (Lipinski definition) is 2. The Morgan fingerprint density at radius 2 is 1.79 bits per heavy atom. The van der Waals surface area contributed by atoms with Crippen LogP contribution in [0.5, 0.6) is 0 Å². The molecule has 0 spiro atoms. The molecule has 5 nitrogen and oxygen atoms in total. The number of benzene rings is 1. The Morgan fingerprint density at radius 3 is 2.21 bits per heavy atom. The van der Waals surface area contributed by atoms with E-state index in [9.17, 15) is 9.36 Å². The molecule has 1 aromatic carbocycles. The summed E-state index contributed by atoms with van der Waals surface area (Å²) in [6.07, 6.45) is 0. The van der Waals surface area contributed by atoms with Gasteiger partial charge in [0.15, 0.2) is 0 Å². The fraction of sp³-hybridized carbons (Fsp3) is 0. The molecule has 2 N–H and O–H groups in total. The molecular formula is C7H8LiO5P. The van der Waals surface area contributed by atoms with E-state index in [4.69, 9.17) is 9.79 Å². The van der Waals surface area contributed by atoms with Crippen LogP contribution in [0.15, 0.2) is 30.3 Å². The topological polar surface area (TPSA) is 83.8 Å². The quantitative estimate of drug-likeness (QED) is 0.438. The maximum absolute atomic E-state index is 10.9. The van der Waals surface area contributed by atoms with Crippen molar-refractivity contribution in [2.45, 2.75) is 0 Å². The molecule has 0 radical (unpaired) electrons. The number of carbonyl (C=O) groups is 1. The van der Waals surface area contributed by atoms with Crippen molar-refractivity contribution < 1.29 is 44.0 Å². The smallest absolute Gasteiger partial charge is 1.00 e. The summed E-state index contributed by atoms with van der Waals surface area (Å²) in [5.41, 5.74) is 0.103. The van der Waals surface area contributed by atoms with Gasteiger partial charge in [-0.15, -0.1) is 0 Å². The third-order valence-electron chi connectivity index (χ3n) is 1.21. The van der Waals surface area contributed by atoms with Gasteiger partial charge in [0.05, 0.1) is 5.56 Å². The van der Waals surface area contributed by atoms with E-state index in [1.807, 2.05) is 0 Å². The van der Waals surface area contributed by atoms with Crippen LogP contribution in [0.4, 0.5) is 0 Å². The maximum atomic E-state index is 10.9. The van der Waals surface area contributed by atoms with Crippen LogP contribution in [-0.2, 0) is 9.09 Å². The summed E-state index contributed by atoms with van der Waals surface area (Å²) < 4.78 is 14.1. The molecule has 0 aliphatic rings. The average molecular weight is 210 g/mol. The zero-order chi connectivity index (χ0) is 9.90. The molecule has 0 aliphatic carbocycles. The largest absolute Gasteiger partial charge is 1.00 e. The van der Waals surface area contributed by atoms with Crippen LogP contribution in [0.25, 0.3) is 0 Å². The SMILES string of the molecule is O=C(OP(=O)(O)O)c1ccccc1.[H-].[Li+]. The third kappa shape index (κ3) is 4.61. The molecule has 0 aliphatic heterocycles. The van der Waals surface area contributed by atoms with Gasteiger partial charge in [0.25, 0.3) is 0 Å². The molecule has 0 aromatic heterocycles. The van der Waals surface area contributed by atoms with Crippen LogP contribution >= 0.6 is 7.82 Å². The summed E-state index contributed by atoms with van der Waals surface area (Å²) in [6.45, 7) is 0. The average Bonchev–Trinajstić information content (AvgIpc) is 2.03. The van der Waals surface area contributed by atoms with E-state index in [2.05, 4.69) is 4.52 Å². The summed E-state index contributed by atoms with van der Waals surface area (Å²) in [7, 11) is -4.74. The molecule has 0 fully saturated rings. The van der Waals surface area contributed by atoms with E-state index < -0.39 is 13.8 Å². The van der Waals surface area contributed by atoms with Crippen molar-refractivity contribution in [2.75, 3.05) is 0 Å². The molecule has 1 aromatic rings. The standard InChI is InChI=1S/C7H7O5P.Li.H/c8-7(12-13(9,10)11)6-4-2-1-3-5-6;;/h1-5H,(H2,9,10,11);;/q;+1;-1. The fourth-order valence-corrected chi connectivity index (χ4v) is 1.06. The maximum Gasteiger partial charge on any atom is 1.00 e. The van der Waals surface area contributed by atoms with Crippen LogP contribution in [-0.4, -0.2) is 15.8 Å². The molecule has 0 amide bonds. The molecule has 0 atom stereocenters. The Kier molecular flexibility index (Phi) is 5.14. The first kappa shape index (κ1) is 13.4. The summed E-state index contributed by atoms with van der Waals surface area (Å²) in [5, 5.41) is 0. The van der Waals surface area contributed by atoms with Gasteiger partial charge in [0, 0.05) is 0 Å². The van der Waals surface area contributed by atoms with Crippen molar-refractivity contribution in [1.29, 1.82) is 0 Å². The van der Waals surface area contributed by atoms with Gasteiger partial charge in [-0.05, 0) is 12.1 Å². The van der Waals surface area contributed by atoms with E-state index >= 15 is 0 Å². The Bertz CT molecular complexity index is 352. The van der Waals surface area contributed by atoms with Gasteiger partial charge in [0.2, 0.25) is 0 Å². The van der Waals surface area contributed by atoms with Crippen molar-refractivity contribution in [3.63, 3.8) is 0 Å². The van der Waals surface area contributed by atoms with Crippen molar-refractivity contribution in [3.05, 3.63) is 35.9 Å². The molecule has 0 bridgehead atoms. The third-order valence-corrected chi connectivity index (χ3v) is 1.61. The second kappa shape index (κ2) is 5.35. The minimum Gasteiger partial charge on any atom is -1.00 e. The second-order valence-electron chi connectivity index (χ2n) is 2.24. The Labute approximate surface area is 94.0 Å². The first-order valence-electron chi connectivity index (χ1n) is 3.33. The Balaban J connectivity index is 0. The predicted molar refractivity (Wildman–Crippen MR) is 45.0 cm³/mol. The van der Waals surface area contributed by atoms with Crippen molar-refractivity contribution in [2.24, 2.45) is 0 Å². The van der Waals surface area contributed by atoms with Gasteiger partial charge >= 0.3 is 32.7 Å². The molecular weight excluding hydrogens is 202 g/mol. The summed E-state index contributed by atoms with van der Waals surface area (Å²) in [5.74, 6) is -1.03. The summed E-state index contributed by atoms with van der Waals surface area (Å²) in [4.78, 5) is 27.6. The molecule has 0 heterocycles. The zero-order valence-corrected chi connectivity index (χ0v) is 8.35. The Hall–Kier alpha value is -0.563. The van der Waals surface area contributed by atoms with E-state index in [-0.39, 0.29) is 25.9 Å². The number of phosphoric acid groups is 1. The van der Waals surface area contributed by atoms with Gasteiger partial charge in [0.1, 0.15) is 0 Å². The van der Waals surface area contributed by atoms with Crippen molar-refractivity contribution >= 4 is 13.8 Å². The van der Waals surface area contributed by atoms with Crippen LogP contribution < -0.4 is 18.9 Å². The van der Waals surface area contributed by atoms with Gasteiger partial charge in [-0.25, -0.2) is 9.36 Å². The number of phosphoric ester groups is 1. The van der Waals surface area contributed by atoms with Crippen molar-refractivity contribution in [3.8, 4) is 0 Å². The van der Waals surface area contributed by atoms with E-state index in [0.717, 1.165) is 0 Å². The normalized spacial score (nSPS) is 10.1. The molecule has 0 unspecified atom stereocenters. The van der Waals surface area contributed by atoms with Gasteiger partial charge in [-0.1, -0.05) is 18.2 Å². The van der Waals surface area contributed by atoms with Gasteiger partial charge < -0.3 is 5.95 Å². The zero-order valence-electron chi connectivity index (χ0n) is 8.45. The molecule has 72 valence electrons. The Morgan fingerprint density at radius 1 is 1.29 bits per heavy atom. The number of hydrogen-bond acceptors (Lipinski definition) is 3. The first-order chi connectivity index (χ1) is 5.99. The van der Waals surface area contributed by atoms with Gasteiger partial charge in [-0.3, -0.25) is 9.79 Å². The molecule has 0 saturated carbocycles. The minimum atomic E-state index is -4.74. The molecule has 14 heavy (non-hydrogen) atoms. The minimum absolute atomic E-state index is 0.